The fourth-order valence-electron chi connectivity index (χ4n) is 3.05. The largest absolute Gasteiger partial charge is 0.353 e. The smallest absolute Gasteiger partial charge is 0.157 e. The van der Waals surface area contributed by atoms with E-state index >= 15 is 0 Å². The van der Waals surface area contributed by atoms with Gasteiger partial charge in [-0.25, -0.2) is 0 Å². The predicted octanol–water partition coefficient (Wildman–Crippen LogP) is 2.41. The van der Waals surface area contributed by atoms with E-state index in [2.05, 4.69) is 22.0 Å². The molecule has 4 heteroatoms. The van der Waals surface area contributed by atoms with Gasteiger partial charge in [-0.2, -0.15) is 0 Å². The number of rotatable bonds is 5. The van der Waals surface area contributed by atoms with E-state index in [0.717, 1.165) is 39.3 Å². The average molecular weight is 276 g/mol. The first kappa shape index (κ1) is 14.0. The zero-order valence-electron chi connectivity index (χ0n) is 12.0. The molecule has 0 saturated carbocycles. The van der Waals surface area contributed by atoms with E-state index < -0.39 is 0 Å². The summed E-state index contributed by atoms with van der Waals surface area (Å²) in [5.74, 6) is 0.585. The van der Waals surface area contributed by atoms with E-state index in [1.807, 2.05) is 12.3 Å². The summed E-state index contributed by atoms with van der Waals surface area (Å²) in [5, 5.41) is 0. The summed E-state index contributed by atoms with van der Waals surface area (Å²) < 4.78 is 11.4. The summed E-state index contributed by atoms with van der Waals surface area (Å²) in [6.45, 7) is 4.89. The van der Waals surface area contributed by atoms with Crippen molar-refractivity contribution in [2.45, 2.75) is 37.9 Å². The van der Waals surface area contributed by atoms with E-state index in [9.17, 15) is 0 Å². The molecule has 1 aromatic rings. The maximum Gasteiger partial charge on any atom is 0.157 e. The zero-order valence-corrected chi connectivity index (χ0v) is 12.0. The standard InChI is InChI=1S/C16H24N2O2/c1-3-8-17-15(5-1)14-7-9-18(13-14)10-12-20-16-6-2-4-11-19-16/h1,3,5,8,14,16H,2,4,6-7,9-13H2/t14-,16-/m1/s1. The maximum absolute atomic E-state index is 5.81. The molecular formula is C16H24N2O2. The topological polar surface area (TPSA) is 34.6 Å². The van der Waals surface area contributed by atoms with Gasteiger partial charge in [-0.1, -0.05) is 6.07 Å². The fourth-order valence-corrected chi connectivity index (χ4v) is 3.05. The van der Waals surface area contributed by atoms with E-state index in [1.54, 1.807) is 0 Å². The second-order valence-electron chi connectivity index (χ2n) is 5.71. The molecule has 110 valence electrons. The minimum Gasteiger partial charge on any atom is -0.353 e. The number of likely N-dealkylation sites (tertiary alicyclic amines) is 1. The number of hydrogen-bond acceptors (Lipinski definition) is 4. The minimum absolute atomic E-state index is 0.0398. The number of hydrogen-bond donors (Lipinski definition) is 0. The monoisotopic (exact) mass is 276 g/mol. The lowest BCUT2D eigenvalue weighted by Gasteiger charge is -2.24. The molecule has 0 spiro atoms. The van der Waals surface area contributed by atoms with Crippen LogP contribution in [0.2, 0.25) is 0 Å². The Morgan fingerprint density at radius 3 is 3.10 bits per heavy atom. The average Bonchev–Trinajstić information content (AvgIpc) is 2.98. The van der Waals surface area contributed by atoms with E-state index in [0.29, 0.717) is 5.92 Å². The van der Waals surface area contributed by atoms with E-state index in [4.69, 9.17) is 9.47 Å². The molecule has 2 aliphatic heterocycles. The third-order valence-electron chi connectivity index (χ3n) is 4.23. The highest BCUT2D eigenvalue weighted by Gasteiger charge is 2.24. The van der Waals surface area contributed by atoms with Crippen molar-refractivity contribution in [1.29, 1.82) is 0 Å². The van der Waals surface area contributed by atoms with Gasteiger partial charge >= 0.3 is 0 Å². The molecule has 20 heavy (non-hydrogen) atoms. The van der Waals surface area contributed by atoms with Crippen molar-refractivity contribution in [3.05, 3.63) is 30.1 Å². The molecule has 0 unspecified atom stereocenters. The van der Waals surface area contributed by atoms with Crippen LogP contribution in [0.4, 0.5) is 0 Å². The molecule has 0 N–H and O–H groups in total. The van der Waals surface area contributed by atoms with Gasteiger partial charge in [0.05, 0.1) is 6.61 Å². The molecule has 0 amide bonds. The molecular weight excluding hydrogens is 252 g/mol. The van der Waals surface area contributed by atoms with Crippen molar-refractivity contribution in [1.82, 2.24) is 9.88 Å². The second kappa shape index (κ2) is 7.16. The summed E-state index contributed by atoms with van der Waals surface area (Å²) in [6, 6.07) is 6.20. The molecule has 2 aliphatic rings. The van der Waals surface area contributed by atoms with Crippen LogP contribution in [0, 0.1) is 0 Å². The SMILES string of the molecule is c1ccc([C@@H]2CCN(CCO[C@@H]3CCCCO3)C2)nc1. The molecule has 0 aromatic carbocycles. The highest BCUT2D eigenvalue weighted by molar-refractivity contribution is 5.11. The normalized spacial score (nSPS) is 27.8. The van der Waals surface area contributed by atoms with Gasteiger partial charge in [0.2, 0.25) is 0 Å². The lowest BCUT2D eigenvalue weighted by atomic mass is 10.0. The Morgan fingerprint density at radius 1 is 1.30 bits per heavy atom. The quantitative estimate of drug-likeness (QED) is 0.827. The Hall–Kier alpha value is -0.970. The Morgan fingerprint density at radius 2 is 2.30 bits per heavy atom. The lowest BCUT2D eigenvalue weighted by molar-refractivity contribution is -0.163. The number of aromatic nitrogens is 1. The molecule has 4 nitrogen and oxygen atoms in total. The van der Waals surface area contributed by atoms with Crippen LogP contribution in [-0.2, 0) is 9.47 Å². The molecule has 0 bridgehead atoms. The van der Waals surface area contributed by atoms with Gasteiger partial charge in [0.1, 0.15) is 0 Å². The van der Waals surface area contributed by atoms with E-state index in [1.165, 1.54) is 25.0 Å². The summed E-state index contributed by atoms with van der Waals surface area (Å²) >= 11 is 0. The number of pyridine rings is 1. The van der Waals surface area contributed by atoms with Gasteiger partial charge in [0.15, 0.2) is 6.29 Å². The van der Waals surface area contributed by atoms with Gasteiger partial charge in [0.25, 0.3) is 0 Å². The third kappa shape index (κ3) is 3.78. The van der Waals surface area contributed by atoms with Gasteiger partial charge in [-0.05, 0) is 44.4 Å². The number of nitrogens with zero attached hydrogens (tertiary/aromatic N) is 2. The molecule has 3 heterocycles. The summed E-state index contributed by atoms with van der Waals surface area (Å²) in [4.78, 5) is 6.95. The molecule has 3 rings (SSSR count). The molecule has 0 radical (unpaired) electrons. The van der Waals surface area contributed by atoms with Crippen molar-refractivity contribution >= 4 is 0 Å². The van der Waals surface area contributed by atoms with Crippen LogP contribution in [0.3, 0.4) is 0 Å². The van der Waals surface area contributed by atoms with Crippen LogP contribution in [0.5, 0.6) is 0 Å². The summed E-state index contributed by atoms with van der Waals surface area (Å²) in [5.41, 5.74) is 1.23. The minimum atomic E-state index is 0.0398. The van der Waals surface area contributed by atoms with Crippen LogP contribution in [0.15, 0.2) is 24.4 Å². The Balaban J connectivity index is 1.37. The molecule has 1 aromatic heterocycles. The first-order valence-electron chi connectivity index (χ1n) is 7.78. The van der Waals surface area contributed by atoms with Crippen molar-refractivity contribution in [3.8, 4) is 0 Å². The fraction of sp³-hybridized carbons (Fsp3) is 0.688. The molecule has 2 fully saturated rings. The van der Waals surface area contributed by atoms with Crippen molar-refractivity contribution in [2.75, 3.05) is 32.8 Å². The maximum atomic E-state index is 5.81. The summed E-state index contributed by atoms with van der Waals surface area (Å²) in [7, 11) is 0. The van der Waals surface area contributed by atoms with Crippen LogP contribution in [-0.4, -0.2) is 49.0 Å². The molecule has 2 saturated heterocycles. The van der Waals surface area contributed by atoms with Crippen LogP contribution < -0.4 is 0 Å². The molecule has 0 aliphatic carbocycles. The van der Waals surface area contributed by atoms with Crippen molar-refractivity contribution < 1.29 is 9.47 Å². The van der Waals surface area contributed by atoms with Crippen LogP contribution >= 0.6 is 0 Å². The summed E-state index contributed by atoms with van der Waals surface area (Å²) in [6.07, 6.45) is 6.60. The molecule has 2 atom stereocenters. The van der Waals surface area contributed by atoms with Crippen molar-refractivity contribution in [2.24, 2.45) is 0 Å². The van der Waals surface area contributed by atoms with Gasteiger partial charge in [-0.15, -0.1) is 0 Å². The zero-order chi connectivity index (χ0) is 13.6. The third-order valence-corrected chi connectivity index (χ3v) is 4.23. The Labute approximate surface area is 121 Å². The van der Waals surface area contributed by atoms with E-state index in [-0.39, 0.29) is 6.29 Å². The Kier molecular flexibility index (Phi) is 5.01. The number of ether oxygens (including phenoxy) is 2. The second-order valence-corrected chi connectivity index (χ2v) is 5.71. The van der Waals surface area contributed by atoms with Gasteiger partial charge < -0.3 is 14.4 Å². The van der Waals surface area contributed by atoms with Crippen molar-refractivity contribution in [3.63, 3.8) is 0 Å². The first-order chi connectivity index (χ1) is 9.92. The predicted molar refractivity (Wildman–Crippen MR) is 77.6 cm³/mol. The van der Waals surface area contributed by atoms with Crippen LogP contribution in [0.25, 0.3) is 0 Å². The highest BCUT2D eigenvalue weighted by atomic mass is 16.7. The van der Waals surface area contributed by atoms with Gasteiger partial charge in [0, 0.05) is 37.5 Å². The first-order valence-corrected chi connectivity index (χ1v) is 7.78. The van der Waals surface area contributed by atoms with Crippen LogP contribution in [0.1, 0.15) is 37.3 Å². The Bertz CT molecular complexity index is 393. The highest BCUT2D eigenvalue weighted by Crippen LogP contribution is 2.25. The van der Waals surface area contributed by atoms with Gasteiger partial charge in [-0.3, -0.25) is 4.98 Å². The lowest BCUT2D eigenvalue weighted by Crippen LogP contribution is -2.29.